The number of nitrogens with one attached hydrogen (secondary N) is 1. The van der Waals surface area contributed by atoms with Crippen LogP contribution in [0.25, 0.3) is 0 Å². The van der Waals surface area contributed by atoms with Gasteiger partial charge in [0, 0.05) is 11.3 Å². The van der Waals surface area contributed by atoms with Crippen molar-refractivity contribution >= 4 is 32.2 Å². The molecular formula is C26H32F2N2O5S2. The summed E-state index contributed by atoms with van der Waals surface area (Å²) in [6.45, 7) is 4.62. The number of nitrogens with zero attached hydrogens (tertiary/aromatic N) is 1. The molecule has 5 rings (SSSR count). The molecule has 0 bridgehead atoms. The van der Waals surface area contributed by atoms with Gasteiger partial charge < -0.3 is 14.8 Å². The smallest absolute Gasteiger partial charge is 0.233 e. The van der Waals surface area contributed by atoms with Gasteiger partial charge in [0.1, 0.15) is 12.3 Å². The Hall–Kier alpha value is -1.95. The van der Waals surface area contributed by atoms with Gasteiger partial charge in [-0.05, 0) is 69.6 Å². The van der Waals surface area contributed by atoms with Crippen LogP contribution in [-0.4, -0.2) is 55.9 Å². The highest BCUT2D eigenvalue weighted by Crippen LogP contribution is 2.39. The molecule has 2 aliphatic carbocycles. The minimum atomic E-state index is -3.36. The van der Waals surface area contributed by atoms with Gasteiger partial charge in [0.25, 0.3) is 0 Å². The first-order valence-corrected chi connectivity index (χ1v) is 15.1. The van der Waals surface area contributed by atoms with Crippen LogP contribution in [0.4, 0.5) is 13.9 Å². The quantitative estimate of drug-likeness (QED) is 0.485. The van der Waals surface area contributed by atoms with Crippen molar-refractivity contribution in [3.05, 3.63) is 40.9 Å². The zero-order valence-electron chi connectivity index (χ0n) is 20.9. The molecule has 2 saturated carbocycles. The Kier molecular flexibility index (Phi) is 7.43. The predicted molar refractivity (Wildman–Crippen MR) is 136 cm³/mol. The zero-order chi connectivity index (χ0) is 26.4. The molecule has 2 aromatic rings. The van der Waals surface area contributed by atoms with E-state index in [2.05, 4.69) is 10.3 Å². The number of hydrogen-bond donors (Lipinski definition) is 1. The molecular weight excluding hydrogens is 522 g/mol. The summed E-state index contributed by atoms with van der Waals surface area (Å²) < 4.78 is 64.4. The molecule has 202 valence electrons. The molecule has 1 aromatic heterocycles. The van der Waals surface area contributed by atoms with Gasteiger partial charge in [-0.3, -0.25) is 4.79 Å². The highest BCUT2D eigenvalue weighted by molar-refractivity contribution is 7.92. The Morgan fingerprint density at radius 1 is 1.14 bits per heavy atom. The number of ether oxygens (including phenoxy) is 2. The normalized spacial score (nSPS) is 27.2. The van der Waals surface area contributed by atoms with Gasteiger partial charge in [-0.1, -0.05) is 12.1 Å². The topological polar surface area (TPSA) is 94.6 Å². The van der Waals surface area contributed by atoms with E-state index in [9.17, 15) is 22.0 Å². The Morgan fingerprint density at radius 2 is 1.76 bits per heavy atom. The number of aromatic nitrogens is 1. The first-order valence-electron chi connectivity index (χ1n) is 12.7. The fourth-order valence-corrected chi connectivity index (χ4v) is 7.45. The van der Waals surface area contributed by atoms with Gasteiger partial charge in [0.15, 0.2) is 20.8 Å². The number of benzene rings is 1. The molecule has 0 radical (unpaired) electrons. The number of anilines is 1. The lowest BCUT2D eigenvalue weighted by Crippen LogP contribution is -2.38. The van der Waals surface area contributed by atoms with Gasteiger partial charge in [0.05, 0.1) is 35.0 Å². The molecule has 3 fully saturated rings. The van der Waals surface area contributed by atoms with Crippen LogP contribution in [0, 0.1) is 5.92 Å². The molecule has 4 atom stereocenters. The fourth-order valence-electron chi connectivity index (χ4n) is 5.00. The number of amides is 1. The third-order valence-corrected chi connectivity index (χ3v) is 10.5. The number of thiazole rings is 1. The number of alkyl halides is 2. The zero-order valence-corrected chi connectivity index (χ0v) is 22.5. The summed E-state index contributed by atoms with van der Waals surface area (Å²) in [5.74, 6) is -2.01. The van der Waals surface area contributed by atoms with Crippen LogP contribution in [0.3, 0.4) is 0 Å². The van der Waals surface area contributed by atoms with Crippen molar-refractivity contribution in [3.8, 4) is 0 Å². The van der Waals surface area contributed by atoms with Crippen molar-refractivity contribution in [2.45, 2.75) is 86.1 Å². The van der Waals surface area contributed by atoms with Crippen molar-refractivity contribution in [2.75, 3.05) is 18.5 Å². The van der Waals surface area contributed by atoms with Crippen molar-refractivity contribution < 1.29 is 31.5 Å². The van der Waals surface area contributed by atoms with E-state index >= 15 is 0 Å². The lowest BCUT2D eigenvalue weighted by atomic mass is 9.87. The number of rotatable bonds is 8. The van der Waals surface area contributed by atoms with Crippen LogP contribution in [0.2, 0.25) is 0 Å². The van der Waals surface area contributed by atoms with E-state index < -0.39 is 33.9 Å². The van der Waals surface area contributed by atoms with E-state index in [4.69, 9.17) is 9.47 Å². The molecule has 37 heavy (non-hydrogen) atoms. The van der Waals surface area contributed by atoms with Gasteiger partial charge in [0.2, 0.25) is 5.91 Å². The van der Waals surface area contributed by atoms with Crippen molar-refractivity contribution in [1.29, 1.82) is 0 Å². The lowest BCUT2D eigenvalue weighted by Gasteiger charge is -2.34. The number of carbonyl (C=O) groups excluding carboxylic acids is 1. The van der Waals surface area contributed by atoms with E-state index in [1.165, 1.54) is 23.5 Å². The molecule has 3 aliphatic rings. The molecule has 1 aliphatic heterocycles. The van der Waals surface area contributed by atoms with Crippen LogP contribution in [0.1, 0.15) is 69.0 Å². The summed E-state index contributed by atoms with van der Waals surface area (Å²) in [5, 5.41) is 4.81. The van der Waals surface area contributed by atoms with Gasteiger partial charge in [-0.25, -0.2) is 22.2 Å². The first-order chi connectivity index (χ1) is 17.5. The maximum Gasteiger partial charge on any atom is 0.233 e. The number of halogens is 2. The van der Waals surface area contributed by atoms with E-state index in [1.807, 2.05) is 19.2 Å². The molecule has 2 heterocycles. The van der Waals surface area contributed by atoms with Crippen LogP contribution in [-0.2, 0) is 24.1 Å². The molecule has 1 aromatic carbocycles. The van der Waals surface area contributed by atoms with E-state index in [0.29, 0.717) is 36.8 Å². The second-order valence-corrected chi connectivity index (χ2v) is 13.8. The summed E-state index contributed by atoms with van der Waals surface area (Å²) in [7, 11) is -3.36. The standard InChI is InChI=1S/C26H32F2N2O5S2/c1-26(2)34-12-17(13-35-26)23-14-36-25(29-23)30-24(31)20(9-15-10-21(27)22(28)11-15)16-3-5-18(6-4-16)37(32,33)19-7-8-19/h3-6,14-15,17,19-22H,7-13H2,1-2H3,(H,29,30,31)/t15?,20-,21-,22+/m1/s1. The Morgan fingerprint density at radius 3 is 2.35 bits per heavy atom. The van der Waals surface area contributed by atoms with Gasteiger partial charge >= 0.3 is 0 Å². The summed E-state index contributed by atoms with van der Waals surface area (Å²) in [4.78, 5) is 18.2. The molecule has 1 unspecified atom stereocenters. The molecule has 11 heteroatoms. The molecule has 0 spiro atoms. The maximum absolute atomic E-state index is 13.9. The lowest BCUT2D eigenvalue weighted by molar-refractivity contribution is -0.251. The Balaban J connectivity index is 1.32. The third-order valence-electron chi connectivity index (χ3n) is 7.40. The van der Waals surface area contributed by atoms with Crippen molar-refractivity contribution in [2.24, 2.45) is 5.92 Å². The monoisotopic (exact) mass is 554 g/mol. The second-order valence-electron chi connectivity index (χ2n) is 10.8. The Labute approximate surface area is 219 Å². The minimum absolute atomic E-state index is 0.0480. The van der Waals surface area contributed by atoms with Crippen LogP contribution in [0.5, 0.6) is 0 Å². The summed E-state index contributed by atoms with van der Waals surface area (Å²) in [5.41, 5.74) is 1.37. The largest absolute Gasteiger partial charge is 0.350 e. The number of hydrogen-bond acceptors (Lipinski definition) is 7. The molecule has 1 N–H and O–H groups in total. The highest BCUT2D eigenvalue weighted by atomic mass is 32.2. The molecule has 1 saturated heterocycles. The molecule has 1 amide bonds. The van der Waals surface area contributed by atoms with Crippen molar-refractivity contribution in [3.63, 3.8) is 0 Å². The van der Waals surface area contributed by atoms with E-state index in [0.717, 1.165) is 5.69 Å². The Bertz CT molecular complexity index is 1210. The molecule has 7 nitrogen and oxygen atoms in total. The van der Waals surface area contributed by atoms with Crippen LogP contribution in [0.15, 0.2) is 34.5 Å². The van der Waals surface area contributed by atoms with E-state index in [1.54, 1.807) is 12.1 Å². The summed E-state index contributed by atoms with van der Waals surface area (Å²) >= 11 is 1.29. The first kappa shape index (κ1) is 26.6. The average Bonchev–Trinajstić information content (AvgIpc) is 3.55. The third kappa shape index (κ3) is 6.05. The van der Waals surface area contributed by atoms with Crippen LogP contribution >= 0.6 is 11.3 Å². The van der Waals surface area contributed by atoms with E-state index in [-0.39, 0.29) is 47.2 Å². The van der Waals surface area contributed by atoms with Crippen LogP contribution < -0.4 is 5.32 Å². The van der Waals surface area contributed by atoms with Gasteiger partial charge in [-0.15, -0.1) is 11.3 Å². The predicted octanol–water partition coefficient (Wildman–Crippen LogP) is 5.14. The number of sulfone groups is 1. The van der Waals surface area contributed by atoms with Gasteiger partial charge in [-0.2, -0.15) is 0 Å². The maximum atomic E-state index is 13.9. The summed E-state index contributed by atoms with van der Waals surface area (Å²) in [6, 6.07) is 6.33. The average molecular weight is 555 g/mol. The highest BCUT2D eigenvalue weighted by Gasteiger charge is 2.39. The summed E-state index contributed by atoms with van der Waals surface area (Å²) in [6.07, 6.45) is -1.32. The SMILES string of the molecule is CC1(C)OCC(c2csc(NC(=O)[C@H](CC3C[C@@H](F)[C@@H](F)C3)c3ccc(S(=O)(=O)C4CC4)cc3)n2)CO1. The second kappa shape index (κ2) is 10.3. The minimum Gasteiger partial charge on any atom is -0.350 e. The fraction of sp³-hybridized carbons (Fsp3) is 0.615. The number of carbonyl (C=O) groups is 1. The van der Waals surface area contributed by atoms with Crippen molar-refractivity contribution in [1.82, 2.24) is 4.98 Å².